The van der Waals surface area contributed by atoms with Crippen molar-refractivity contribution in [3.8, 4) is 5.75 Å². The van der Waals surface area contributed by atoms with Crippen LogP contribution >= 0.6 is 0 Å². The van der Waals surface area contributed by atoms with E-state index in [2.05, 4.69) is 22.4 Å². The van der Waals surface area contributed by atoms with Crippen molar-refractivity contribution in [3.63, 3.8) is 0 Å². The summed E-state index contributed by atoms with van der Waals surface area (Å²) in [4.78, 5) is 11.8. The number of nitrogens with zero attached hydrogens (tertiary/aromatic N) is 1. The highest BCUT2D eigenvalue weighted by atomic mass is 16.5. The molecule has 1 aromatic heterocycles. The lowest BCUT2D eigenvalue weighted by molar-refractivity contribution is -0.116. The smallest absolute Gasteiger partial charge is 0.229 e. The Bertz CT molecular complexity index is 575. The van der Waals surface area contributed by atoms with Gasteiger partial charge in [-0.15, -0.1) is 0 Å². The van der Waals surface area contributed by atoms with Gasteiger partial charge >= 0.3 is 0 Å². The Kier molecular flexibility index (Phi) is 5.37. The predicted molar refractivity (Wildman–Crippen MR) is 82.5 cm³/mol. The van der Waals surface area contributed by atoms with Gasteiger partial charge in [0.1, 0.15) is 5.75 Å². The van der Waals surface area contributed by atoms with Crippen LogP contribution in [0.25, 0.3) is 0 Å². The maximum Gasteiger partial charge on any atom is 0.229 e. The largest absolute Gasteiger partial charge is 0.493 e. The molecule has 2 aromatic rings. The number of carbonyl (C=O) groups is 1. The zero-order chi connectivity index (χ0) is 15.1. The topological polar surface area (TPSA) is 67.0 Å². The molecule has 0 radical (unpaired) electrons. The third kappa shape index (κ3) is 4.95. The fourth-order valence-corrected chi connectivity index (χ4v) is 1.92. The van der Waals surface area contributed by atoms with Crippen molar-refractivity contribution in [3.05, 3.63) is 41.6 Å². The molecule has 0 saturated heterocycles. The third-order valence-corrected chi connectivity index (χ3v) is 3.04. The number of benzene rings is 1. The number of anilines is 1. The molecule has 0 spiro atoms. The van der Waals surface area contributed by atoms with E-state index >= 15 is 0 Å². The minimum absolute atomic E-state index is 0.100. The first-order valence-electron chi connectivity index (χ1n) is 7.21. The average Bonchev–Trinajstić information content (AvgIpc) is 2.89. The molecule has 112 valence electrons. The molecular weight excluding hydrogens is 266 g/mol. The first kappa shape index (κ1) is 15.1. The number of aryl methyl sites for hydroxylation is 2. The van der Waals surface area contributed by atoms with Gasteiger partial charge in [-0.25, -0.2) is 0 Å². The van der Waals surface area contributed by atoms with Crippen molar-refractivity contribution in [1.82, 2.24) is 10.2 Å². The van der Waals surface area contributed by atoms with Gasteiger partial charge in [0.2, 0.25) is 5.91 Å². The lowest BCUT2D eigenvalue weighted by Gasteiger charge is -2.06. The number of nitrogens with one attached hydrogen (secondary N) is 2. The highest BCUT2D eigenvalue weighted by Gasteiger charge is 2.06. The number of hydrogen-bond donors (Lipinski definition) is 2. The van der Waals surface area contributed by atoms with E-state index in [9.17, 15) is 4.79 Å². The summed E-state index contributed by atoms with van der Waals surface area (Å²) in [6.07, 6.45) is 2.27. The summed E-state index contributed by atoms with van der Waals surface area (Å²) in [5, 5.41) is 9.71. The van der Waals surface area contributed by atoms with Crippen LogP contribution in [-0.4, -0.2) is 22.7 Å². The van der Waals surface area contributed by atoms with Gasteiger partial charge in [-0.3, -0.25) is 9.89 Å². The van der Waals surface area contributed by atoms with Gasteiger partial charge in [0.05, 0.1) is 13.0 Å². The fraction of sp³-hybridized carbons (Fsp3) is 0.375. The van der Waals surface area contributed by atoms with Crippen LogP contribution in [0.1, 0.15) is 31.0 Å². The molecule has 0 saturated carbocycles. The van der Waals surface area contributed by atoms with E-state index in [0.717, 1.165) is 24.3 Å². The standard InChI is InChI=1S/C16H21N3O2/c1-3-4-13-11-15(19-18-13)17-16(20)9-10-21-14-7-5-12(2)6-8-14/h5-8,11H,3-4,9-10H2,1-2H3,(H2,17,18,19,20). The summed E-state index contributed by atoms with van der Waals surface area (Å²) < 4.78 is 5.52. The number of hydrogen-bond acceptors (Lipinski definition) is 3. The highest BCUT2D eigenvalue weighted by molar-refractivity contribution is 5.89. The van der Waals surface area contributed by atoms with Gasteiger partial charge in [-0.1, -0.05) is 31.0 Å². The van der Waals surface area contributed by atoms with Crippen molar-refractivity contribution < 1.29 is 9.53 Å². The van der Waals surface area contributed by atoms with Crippen LogP contribution in [-0.2, 0) is 11.2 Å². The van der Waals surface area contributed by atoms with Crippen molar-refractivity contribution >= 4 is 11.7 Å². The molecule has 0 aliphatic carbocycles. The summed E-state index contributed by atoms with van der Waals surface area (Å²) in [5.41, 5.74) is 2.21. The Morgan fingerprint density at radius 3 is 2.81 bits per heavy atom. The maximum atomic E-state index is 11.8. The van der Waals surface area contributed by atoms with E-state index < -0.39 is 0 Å². The molecule has 21 heavy (non-hydrogen) atoms. The molecular formula is C16H21N3O2. The van der Waals surface area contributed by atoms with E-state index in [1.165, 1.54) is 5.56 Å². The Morgan fingerprint density at radius 1 is 1.33 bits per heavy atom. The number of aromatic amines is 1. The molecule has 0 aliphatic heterocycles. The molecule has 5 nitrogen and oxygen atoms in total. The summed E-state index contributed by atoms with van der Waals surface area (Å²) in [7, 11) is 0. The third-order valence-electron chi connectivity index (χ3n) is 3.04. The number of amides is 1. The van der Waals surface area contributed by atoms with Crippen LogP contribution in [0.3, 0.4) is 0 Å². The maximum absolute atomic E-state index is 11.8. The van der Waals surface area contributed by atoms with Crippen molar-refractivity contribution in [1.29, 1.82) is 0 Å². The molecule has 5 heteroatoms. The number of aromatic nitrogens is 2. The summed E-state index contributed by atoms with van der Waals surface area (Å²) in [6, 6.07) is 9.63. The first-order valence-corrected chi connectivity index (χ1v) is 7.21. The SMILES string of the molecule is CCCc1cc(NC(=O)CCOc2ccc(C)cc2)n[nH]1. The molecule has 1 amide bonds. The van der Waals surface area contributed by atoms with E-state index in [-0.39, 0.29) is 5.91 Å². The van der Waals surface area contributed by atoms with Gasteiger partial charge in [0.15, 0.2) is 5.82 Å². The normalized spacial score (nSPS) is 10.4. The summed E-state index contributed by atoms with van der Waals surface area (Å²) in [5.74, 6) is 1.24. The molecule has 2 N–H and O–H groups in total. The molecule has 1 aromatic carbocycles. The van der Waals surface area contributed by atoms with Gasteiger partial charge in [0.25, 0.3) is 0 Å². The second kappa shape index (κ2) is 7.47. The fourth-order valence-electron chi connectivity index (χ4n) is 1.92. The Hall–Kier alpha value is -2.30. The molecule has 0 bridgehead atoms. The van der Waals surface area contributed by atoms with Crippen LogP contribution in [0.15, 0.2) is 30.3 Å². The lowest BCUT2D eigenvalue weighted by Crippen LogP contribution is -2.15. The van der Waals surface area contributed by atoms with Crippen LogP contribution in [0.5, 0.6) is 5.75 Å². The van der Waals surface area contributed by atoms with E-state index in [0.29, 0.717) is 18.8 Å². The predicted octanol–water partition coefficient (Wildman–Crippen LogP) is 3.08. The summed E-state index contributed by atoms with van der Waals surface area (Å²) in [6.45, 7) is 4.47. The van der Waals surface area contributed by atoms with Crippen molar-refractivity contribution in [2.24, 2.45) is 0 Å². The zero-order valence-corrected chi connectivity index (χ0v) is 12.5. The number of H-pyrrole nitrogens is 1. The number of ether oxygens (including phenoxy) is 1. The van der Waals surface area contributed by atoms with Crippen LogP contribution in [0.4, 0.5) is 5.82 Å². The highest BCUT2D eigenvalue weighted by Crippen LogP contribution is 2.12. The van der Waals surface area contributed by atoms with E-state index in [1.807, 2.05) is 37.3 Å². The molecule has 0 aliphatic rings. The van der Waals surface area contributed by atoms with Crippen LogP contribution in [0, 0.1) is 6.92 Å². The molecule has 0 fully saturated rings. The summed E-state index contributed by atoms with van der Waals surface area (Å²) >= 11 is 0. The van der Waals surface area contributed by atoms with Gasteiger partial charge in [-0.2, -0.15) is 5.10 Å². The van der Waals surface area contributed by atoms with Gasteiger partial charge in [0, 0.05) is 11.8 Å². The lowest BCUT2D eigenvalue weighted by atomic mass is 10.2. The first-order chi connectivity index (χ1) is 10.2. The Morgan fingerprint density at radius 2 is 2.10 bits per heavy atom. The molecule has 1 heterocycles. The molecule has 0 atom stereocenters. The minimum Gasteiger partial charge on any atom is -0.493 e. The monoisotopic (exact) mass is 287 g/mol. The molecule has 0 unspecified atom stereocenters. The average molecular weight is 287 g/mol. The number of rotatable bonds is 7. The van der Waals surface area contributed by atoms with Crippen molar-refractivity contribution in [2.45, 2.75) is 33.1 Å². The quantitative estimate of drug-likeness (QED) is 0.822. The van der Waals surface area contributed by atoms with Gasteiger partial charge < -0.3 is 10.1 Å². The molecule has 2 rings (SSSR count). The van der Waals surface area contributed by atoms with E-state index in [4.69, 9.17) is 4.74 Å². The minimum atomic E-state index is -0.100. The van der Waals surface area contributed by atoms with Crippen LogP contribution in [0.2, 0.25) is 0 Å². The number of carbonyl (C=O) groups excluding carboxylic acids is 1. The van der Waals surface area contributed by atoms with E-state index in [1.54, 1.807) is 0 Å². The second-order valence-electron chi connectivity index (χ2n) is 4.99. The Balaban J connectivity index is 1.72. The van der Waals surface area contributed by atoms with Crippen LogP contribution < -0.4 is 10.1 Å². The zero-order valence-electron chi connectivity index (χ0n) is 12.5. The second-order valence-corrected chi connectivity index (χ2v) is 4.99. The van der Waals surface area contributed by atoms with Gasteiger partial charge in [-0.05, 0) is 25.5 Å². The van der Waals surface area contributed by atoms with Crippen molar-refractivity contribution in [2.75, 3.05) is 11.9 Å². The Labute approximate surface area is 124 Å².